The number of hydrogen-bond donors (Lipinski definition) is 1. The Hall–Kier alpha value is -3.80. The Balaban J connectivity index is 1.66. The van der Waals surface area contributed by atoms with Gasteiger partial charge in [-0.05, 0) is 56.3 Å². The van der Waals surface area contributed by atoms with Gasteiger partial charge in [0.15, 0.2) is 17.3 Å². The lowest BCUT2D eigenvalue weighted by Crippen LogP contribution is -2.15. The number of Topliss-reactive ketones (excluding diaryl/α,β-unsaturated/α-hetero) is 1. The van der Waals surface area contributed by atoms with E-state index in [4.69, 9.17) is 14.2 Å². The average molecular weight is 419 g/mol. The van der Waals surface area contributed by atoms with Crippen LogP contribution in [0.3, 0.4) is 0 Å². The Morgan fingerprint density at radius 2 is 1.52 bits per heavy atom. The van der Waals surface area contributed by atoms with Crippen molar-refractivity contribution in [2.24, 2.45) is 0 Å². The molecule has 6 heteroatoms. The molecule has 3 aromatic carbocycles. The van der Waals surface area contributed by atoms with Crippen molar-refractivity contribution in [3.8, 4) is 17.2 Å². The monoisotopic (exact) mass is 419 g/mol. The second kappa shape index (κ2) is 10.8. The fraction of sp³-hybridized carbons (Fsp3) is 0.200. The molecule has 0 fully saturated rings. The summed E-state index contributed by atoms with van der Waals surface area (Å²) in [4.78, 5) is 24.5. The molecule has 0 aliphatic rings. The van der Waals surface area contributed by atoms with Crippen molar-refractivity contribution in [1.29, 1.82) is 0 Å². The van der Waals surface area contributed by atoms with Crippen molar-refractivity contribution in [3.05, 3.63) is 83.9 Å². The van der Waals surface area contributed by atoms with E-state index in [-0.39, 0.29) is 11.7 Å². The molecule has 31 heavy (non-hydrogen) atoms. The molecule has 1 N–H and O–H groups in total. The van der Waals surface area contributed by atoms with Gasteiger partial charge >= 0.3 is 0 Å². The summed E-state index contributed by atoms with van der Waals surface area (Å²) >= 11 is 0. The van der Waals surface area contributed by atoms with Crippen LogP contribution in [0.1, 0.15) is 34.6 Å². The predicted octanol–water partition coefficient (Wildman–Crippen LogP) is 5.00. The van der Waals surface area contributed by atoms with E-state index in [1.54, 1.807) is 42.5 Å². The number of carbonyl (C=O) groups excluding carboxylic acids is 2. The van der Waals surface area contributed by atoms with Gasteiger partial charge in [0.2, 0.25) is 0 Å². The molecular formula is C25H25NO5. The molecule has 0 aliphatic carbocycles. The fourth-order valence-electron chi connectivity index (χ4n) is 2.96. The van der Waals surface area contributed by atoms with Gasteiger partial charge in [-0.15, -0.1) is 0 Å². The fourth-order valence-corrected chi connectivity index (χ4v) is 2.96. The number of para-hydroxylation sites is 2. The standard InChI is InChI=1S/C25H25NO5/c1-3-29-24-17-19(25(28)26-22-12-8-7-11-21(22)18(2)27)13-14-23(24)31-16-15-30-20-9-5-4-6-10-20/h4-14,17H,3,15-16H2,1-2H3,(H,26,28). The second-order valence-corrected chi connectivity index (χ2v) is 6.66. The average Bonchev–Trinajstić information content (AvgIpc) is 2.78. The van der Waals surface area contributed by atoms with E-state index in [0.29, 0.717) is 48.1 Å². The Bertz CT molecular complexity index is 1030. The highest BCUT2D eigenvalue weighted by molar-refractivity contribution is 6.09. The number of anilines is 1. The van der Waals surface area contributed by atoms with Gasteiger partial charge in [-0.25, -0.2) is 0 Å². The third-order valence-corrected chi connectivity index (χ3v) is 4.41. The number of nitrogens with one attached hydrogen (secondary N) is 1. The minimum absolute atomic E-state index is 0.118. The smallest absolute Gasteiger partial charge is 0.255 e. The zero-order valence-corrected chi connectivity index (χ0v) is 17.6. The molecule has 0 aromatic heterocycles. The predicted molar refractivity (Wildman–Crippen MR) is 119 cm³/mol. The van der Waals surface area contributed by atoms with Crippen molar-refractivity contribution in [2.45, 2.75) is 13.8 Å². The SMILES string of the molecule is CCOc1cc(C(=O)Nc2ccccc2C(C)=O)ccc1OCCOc1ccccc1. The first-order chi connectivity index (χ1) is 15.1. The van der Waals surface area contributed by atoms with Crippen LogP contribution in [0.15, 0.2) is 72.8 Å². The summed E-state index contributed by atoms with van der Waals surface area (Å²) in [5.74, 6) is 1.31. The topological polar surface area (TPSA) is 73.9 Å². The lowest BCUT2D eigenvalue weighted by Gasteiger charge is -2.14. The quantitative estimate of drug-likeness (QED) is 0.370. The first kappa shape index (κ1) is 21.9. The zero-order chi connectivity index (χ0) is 22.1. The van der Waals surface area contributed by atoms with E-state index in [2.05, 4.69) is 5.32 Å². The number of carbonyl (C=O) groups is 2. The molecule has 0 saturated carbocycles. The van der Waals surface area contributed by atoms with Crippen molar-refractivity contribution in [3.63, 3.8) is 0 Å². The van der Waals surface area contributed by atoms with Crippen molar-refractivity contribution >= 4 is 17.4 Å². The van der Waals surface area contributed by atoms with Gasteiger partial charge < -0.3 is 19.5 Å². The number of hydrogen-bond acceptors (Lipinski definition) is 5. The first-order valence-electron chi connectivity index (χ1n) is 10.1. The maximum Gasteiger partial charge on any atom is 0.255 e. The van der Waals surface area contributed by atoms with Crippen LogP contribution in [0.5, 0.6) is 17.2 Å². The van der Waals surface area contributed by atoms with Gasteiger partial charge in [0.05, 0.1) is 12.3 Å². The Morgan fingerprint density at radius 3 is 2.26 bits per heavy atom. The van der Waals surface area contributed by atoms with E-state index in [9.17, 15) is 9.59 Å². The third kappa shape index (κ3) is 6.09. The zero-order valence-electron chi connectivity index (χ0n) is 17.6. The number of benzene rings is 3. The van der Waals surface area contributed by atoms with Crippen LogP contribution in [0.25, 0.3) is 0 Å². The van der Waals surface area contributed by atoms with E-state index in [1.165, 1.54) is 6.92 Å². The van der Waals surface area contributed by atoms with Gasteiger partial charge in [-0.1, -0.05) is 30.3 Å². The van der Waals surface area contributed by atoms with E-state index in [0.717, 1.165) is 5.75 Å². The summed E-state index contributed by atoms with van der Waals surface area (Å²) in [5, 5.41) is 2.79. The van der Waals surface area contributed by atoms with Crippen LogP contribution >= 0.6 is 0 Å². The number of rotatable bonds is 10. The molecule has 1 amide bonds. The summed E-state index contributed by atoms with van der Waals surface area (Å²) in [6.07, 6.45) is 0. The Kier molecular flexibility index (Phi) is 7.65. The number of ether oxygens (including phenoxy) is 3. The molecule has 160 valence electrons. The van der Waals surface area contributed by atoms with E-state index in [1.807, 2.05) is 37.3 Å². The molecule has 0 unspecified atom stereocenters. The maximum atomic E-state index is 12.7. The molecule has 0 heterocycles. The van der Waals surface area contributed by atoms with Crippen LogP contribution in [0.4, 0.5) is 5.69 Å². The minimum atomic E-state index is -0.339. The van der Waals surface area contributed by atoms with Crippen molar-refractivity contribution in [1.82, 2.24) is 0 Å². The van der Waals surface area contributed by atoms with Crippen LogP contribution in [-0.2, 0) is 0 Å². The molecular weight excluding hydrogens is 394 g/mol. The van der Waals surface area contributed by atoms with E-state index >= 15 is 0 Å². The highest BCUT2D eigenvalue weighted by Gasteiger charge is 2.14. The molecule has 0 atom stereocenters. The van der Waals surface area contributed by atoms with Crippen LogP contribution < -0.4 is 19.5 Å². The summed E-state index contributed by atoms with van der Waals surface area (Å²) in [7, 11) is 0. The lowest BCUT2D eigenvalue weighted by molar-refractivity contribution is 0.101. The van der Waals surface area contributed by atoms with Crippen LogP contribution in [-0.4, -0.2) is 31.5 Å². The first-order valence-corrected chi connectivity index (χ1v) is 10.1. The van der Waals surface area contributed by atoms with Crippen LogP contribution in [0, 0.1) is 0 Å². The van der Waals surface area contributed by atoms with Gasteiger partial charge in [0.1, 0.15) is 19.0 Å². The van der Waals surface area contributed by atoms with Gasteiger partial charge in [-0.2, -0.15) is 0 Å². The molecule has 0 aliphatic heterocycles. The summed E-state index contributed by atoms with van der Waals surface area (Å²) in [6, 6.07) is 21.4. The highest BCUT2D eigenvalue weighted by atomic mass is 16.5. The van der Waals surface area contributed by atoms with E-state index < -0.39 is 0 Å². The maximum absolute atomic E-state index is 12.7. The van der Waals surface area contributed by atoms with Crippen LogP contribution in [0.2, 0.25) is 0 Å². The molecule has 0 bridgehead atoms. The largest absolute Gasteiger partial charge is 0.490 e. The highest BCUT2D eigenvalue weighted by Crippen LogP contribution is 2.29. The number of ketones is 1. The molecule has 6 nitrogen and oxygen atoms in total. The molecule has 0 radical (unpaired) electrons. The van der Waals surface area contributed by atoms with Gasteiger partial charge in [-0.3, -0.25) is 9.59 Å². The summed E-state index contributed by atoms with van der Waals surface area (Å²) in [5.41, 5.74) is 1.32. The molecule has 0 spiro atoms. The van der Waals surface area contributed by atoms with Crippen molar-refractivity contribution in [2.75, 3.05) is 25.1 Å². The summed E-state index contributed by atoms with van der Waals surface area (Å²) < 4.78 is 17.1. The van der Waals surface area contributed by atoms with Crippen molar-refractivity contribution < 1.29 is 23.8 Å². The molecule has 3 rings (SSSR count). The van der Waals surface area contributed by atoms with Gasteiger partial charge in [0, 0.05) is 11.1 Å². The Morgan fingerprint density at radius 1 is 0.806 bits per heavy atom. The second-order valence-electron chi connectivity index (χ2n) is 6.66. The molecule has 3 aromatic rings. The summed E-state index contributed by atoms with van der Waals surface area (Å²) in [6.45, 7) is 4.45. The Labute approximate surface area is 181 Å². The third-order valence-electron chi connectivity index (χ3n) is 4.41. The molecule has 0 saturated heterocycles. The number of amides is 1. The lowest BCUT2D eigenvalue weighted by atomic mass is 10.1. The minimum Gasteiger partial charge on any atom is -0.490 e. The normalized spacial score (nSPS) is 10.3. The van der Waals surface area contributed by atoms with Gasteiger partial charge in [0.25, 0.3) is 5.91 Å².